The molecule has 1 N–H and O–H groups in total. The maximum absolute atomic E-state index is 9.05. The van der Waals surface area contributed by atoms with E-state index in [1.807, 2.05) is 43.4 Å². The van der Waals surface area contributed by atoms with Crippen molar-refractivity contribution < 1.29 is 0 Å². The molecule has 4 aromatic rings. The van der Waals surface area contributed by atoms with Gasteiger partial charge in [0.1, 0.15) is 17.6 Å². The van der Waals surface area contributed by atoms with Gasteiger partial charge in [0.25, 0.3) is 0 Å². The fraction of sp³-hybridized carbons (Fsp3) is 0.0500. The summed E-state index contributed by atoms with van der Waals surface area (Å²) in [6, 6.07) is 15.5. The first-order chi connectivity index (χ1) is 12.8. The maximum atomic E-state index is 9.05. The smallest absolute Gasteiger partial charge is 0.163 e. The molecule has 1 aromatic carbocycles. The summed E-state index contributed by atoms with van der Waals surface area (Å²) in [4.78, 5) is 17.5. The number of nitriles is 1. The third-order valence-corrected chi connectivity index (χ3v) is 4.06. The highest BCUT2D eigenvalue weighted by molar-refractivity contribution is 5.93. The van der Waals surface area contributed by atoms with Crippen molar-refractivity contribution >= 4 is 16.7 Å². The summed E-state index contributed by atoms with van der Waals surface area (Å²) >= 11 is 0. The van der Waals surface area contributed by atoms with E-state index < -0.39 is 0 Å². The van der Waals surface area contributed by atoms with Crippen LogP contribution in [0.15, 0.2) is 61.1 Å². The van der Waals surface area contributed by atoms with Crippen LogP contribution in [0.4, 0.5) is 5.82 Å². The SMILES string of the molecule is CNc1nc(-c2cccnc2)nc2ccc(-c3ccnc(C#N)c3)cc12. The van der Waals surface area contributed by atoms with E-state index in [4.69, 9.17) is 5.26 Å². The van der Waals surface area contributed by atoms with E-state index in [-0.39, 0.29) is 0 Å². The molecule has 6 nitrogen and oxygen atoms in total. The molecule has 0 saturated carbocycles. The lowest BCUT2D eigenvalue weighted by molar-refractivity contribution is 1.20. The Kier molecular flexibility index (Phi) is 3.96. The number of anilines is 1. The molecule has 0 radical (unpaired) electrons. The molecule has 124 valence electrons. The highest BCUT2D eigenvalue weighted by atomic mass is 15.0. The van der Waals surface area contributed by atoms with Crippen LogP contribution in [0.1, 0.15) is 5.69 Å². The minimum absolute atomic E-state index is 0.389. The van der Waals surface area contributed by atoms with Gasteiger partial charge in [-0.25, -0.2) is 15.0 Å². The monoisotopic (exact) mass is 338 g/mol. The standard InChI is InChI=1S/C20H14N6/c1-22-20-17-10-13(14-6-8-24-16(9-14)11-21)4-5-18(17)25-19(26-20)15-3-2-7-23-12-15/h2-10,12H,1H3,(H,22,25,26). The quantitative estimate of drug-likeness (QED) is 0.613. The molecule has 6 heteroatoms. The van der Waals surface area contributed by atoms with Crippen molar-refractivity contribution in [1.82, 2.24) is 19.9 Å². The molecule has 0 aliphatic carbocycles. The molecule has 0 amide bonds. The van der Waals surface area contributed by atoms with Gasteiger partial charge in [-0.1, -0.05) is 6.07 Å². The van der Waals surface area contributed by atoms with Crippen molar-refractivity contribution in [2.45, 2.75) is 0 Å². The first kappa shape index (κ1) is 15.7. The van der Waals surface area contributed by atoms with Gasteiger partial charge in [0, 0.05) is 36.6 Å². The number of benzene rings is 1. The fourth-order valence-corrected chi connectivity index (χ4v) is 2.79. The number of hydrogen-bond acceptors (Lipinski definition) is 6. The van der Waals surface area contributed by atoms with Crippen molar-refractivity contribution in [3.63, 3.8) is 0 Å². The Morgan fingerprint density at radius 3 is 2.62 bits per heavy atom. The zero-order chi connectivity index (χ0) is 17.9. The number of aromatic nitrogens is 4. The molecule has 4 rings (SSSR count). The average Bonchev–Trinajstić information content (AvgIpc) is 2.73. The summed E-state index contributed by atoms with van der Waals surface area (Å²) < 4.78 is 0. The molecular formula is C20H14N6. The Bertz CT molecular complexity index is 1130. The van der Waals surface area contributed by atoms with Crippen LogP contribution >= 0.6 is 0 Å². The third-order valence-electron chi connectivity index (χ3n) is 4.06. The Morgan fingerprint density at radius 2 is 1.85 bits per heavy atom. The minimum Gasteiger partial charge on any atom is -0.373 e. The number of pyridine rings is 2. The molecule has 0 bridgehead atoms. The number of nitrogens with zero attached hydrogens (tertiary/aromatic N) is 5. The topological polar surface area (TPSA) is 87.4 Å². The molecule has 0 spiro atoms. The van der Waals surface area contributed by atoms with Crippen LogP contribution in [0.25, 0.3) is 33.4 Å². The normalized spacial score (nSPS) is 10.5. The van der Waals surface area contributed by atoms with Crippen molar-refractivity contribution in [3.05, 3.63) is 66.7 Å². The summed E-state index contributed by atoms with van der Waals surface area (Å²) in [7, 11) is 1.84. The molecule has 26 heavy (non-hydrogen) atoms. The van der Waals surface area contributed by atoms with Gasteiger partial charge in [-0.05, 0) is 47.5 Å². The van der Waals surface area contributed by atoms with Crippen LogP contribution in [0.5, 0.6) is 0 Å². The van der Waals surface area contributed by atoms with E-state index in [2.05, 4.69) is 31.3 Å². The lowest BCUT2D eigenvalue weighted by Gasteiger charge is -2.10. The molecule has 0 fully saturated rings. The van der Waals surface area contributed by atoms with Gasteiger partial charge < -0.3 is 5.32 Å². The zero-order valence-electron chi connectivity index (χ0n) is 14.0. The summed E-state index contributed by atoms with van der Waals surface area (Å²) in [6.07, 6.45) is 5.11. The van der Waals surface area contributed by atoms with Crippen LogP contribution in [0, 0.1) is 11.3 Å². The van der Waals surface area contributed by atoms with Crippen LogP contribution in [0.2, 0.25) is 0 Å². The molecule has 0 aliphatic rings. The van der Waals surface area contributed by atoms with Gasteiger partial charge >= 0.3 is 0 Å². The number of nitrogens with one attached hydrogen (secondary N) is 1. The van der Waals surface area contributed by atoms with Crippen molar-refractivity contribution in [2.75, 3.05) is 12.4 Å². The van der Waals surface area contributed by atoms with E-state index >= 15 is 0 Å². The van der Waals surface area contributed by atoms with Crippen LogP contribution < -0.4 is 5.32 Å². The molecule has 0 saturated heterocycles. The number of fused-ring (bicyclic) bond motifs is 1. The molecule has 3 aromatic heterocycles. The second-order valence-electron chi connectivity index (χ2n) is 5.66. The van der Waals surface area contributed by atoms with Crippen LogP contribution in [-0.4, -0.2) is 27.0 Å². The third kappa shape index (κ3) is 2.82. The maximum Gasteiger partial charge on any atom is 0.163 e. The fourth-order valence-electron chi connectivity index (χ4n) is 2.79. The number of rotatable bonds is 3. The van der Waals surface area contributed by atoms with Gasteiger partial charge in [-0.2, -0.15) is 5.26 Å². The Hall–Kier alpha value is -3.85. The Balaban J connectivity index is 1.87. The second kappa shape index (κ2) is 6.57. The number of hydrogen-bond donors (Lipinski definition) is 1. The Labute approximate surface area is 150 Å². The Morgan fingerprint density at radius 1 is 0.962 bits per heavy atom. The van der Waals surface area contributed by atoms with Crippen LogP contribution in [-0.2, 0) is 0 Å². The first-order valence-corrected chi connectivity index (χ1v) is 8.05. The molecule has 0 unspecified atom stereocenters. The minimum atomic E-state index is 0.389. The average molecular weight is 338 g/mol. The lowest BCUT2D eigenvalue weighted by Crippen LogP contribution is -1.99. The van der Waals surface area contributed by atoms with E-state index in [9.17, 15) is 0 Å². The van der Waals surface area contributed by atoms with E-state index in [1.54, 1.807) is 24.7 Å². The van der Waals surface area contributed by atoms with Crippen molar-refractivity contribution in [3.8, 4) is 28.6 Å². The van der Waals surface area contributed by atoms with Crippen molar-refractivity contribution in [2.24, 2.45) is 0 Å². The summed E-state index contributed by atoms with van der Waals surface area (Å²) in [5.41, 5.74) is 3.99. The van der Waals surface area contributed by atoms with Crippen molar-refractivity contribution in [1.29, 1.82) is 5.26 Å². The lowest BCUT2D eigenvalue weighted by atomic mass is 10.0. The van der Waals surface area contributed by atoms with E-state index in [0.717, 1.165) is 33.4 Å². The first-order valence-electron chi connectivity index (χ1n) is 8.05. The second-order valence-corrected chi connectivity index (χ2v) is 5.66. The van der Waals surface area contributed by atoms with Gasteiger partial charge in [-0.3, -0.25) is 4.98 Å². The summed E-state index contributed by atoms with van der Waals surface area (Å²) in [5, 5.41) is 13.1. The van der Waals surface area contributed by atoms with Gasteiger partial charge in [0.05, 0.1) is 5.52 Å². The largest absolute Gasteiger partial charge is 0.373 e. The predicted molar refractivity (Wildman–Crippen MR) is 100 cm³/mol. The van der Waals surface area contributed by atoms with Gasteiger partial charge in [-0.15, -0.1) is 0 Å². The van der Waals surface area contributed by atoms with E-state index in [0.29, 0.717) is 11.5 Å². The zero-order valence-corrected chi connectivity index (χ0v) is 14.0. The molecule has 0 aliphatic heterocycles. The highest BCUT2D eigenvalue weighted by Crippen LogP contribution is 2.29. The predicted octanol–water partition coefficient (Wildman–Crippen LogP) is 3.67. The molecule has 0 atom stereocenters. The van der Waals surface area contributed by atoms with Crippen LogP contribution in [0.3, 0.4) is 0 Å². The highest BCUT2D eigenvalue weighted by Gasteiger charge is 2.10. The molecular weight excluding hydrogens is 324 g/mol. The van der Waals surface area contributed by atoms with E-state index in [1.165, 1.54) is 0 Å². The summed E-state index contributed by atoms with van der Waals surface area (Å²) in [6.45, 7) is 0. The van der Waals surface area contributed by atoms with Gasteiger partial charge in [0.2, 0.25) is 0 Å². The van der Waals surface area contributed by atoms with Gasteiger partial charge in [0.15, 0.2) is 5.82 Å². The molecule has 3 heterocycles. The summed E-state index contributed by atoms with van der Waals surface area (Å²) in [5.74, 6) is 1.36.